The molecule has 10 heteroatoms. The highest BCUT2D eigenvalue weighted by atomic mass is 35.5. The Morgan fingerprint density at radius 2 is 1.97 bits per heavy atom. The lowest BCUT2D eigenvalue weighted by Crippen LogP contribution is -2.20. The number of nitrogens with zero attached hydrogens (tertiary/aromatic N) is 4. The first-order chi connectivity index (χ1) is 15.7. The maximum Gasteiger partial charge on any atom is 0.156 e. The fraction of sp³-hybridized carbons (Fsp3) is 0.348. The van der Waals surface area contributed by atoms with Crippen LogP contribution in [-0.2, 0) is 4.74 Å². The number of ether oxygens (including phenoxy) is 1. The van der Waals surface area contributed by atoms with Crippen molar-refractivity contribution in [3.8, 4) is 0 Å². The van der Waals surface area contributed by atoms with Crippen LogP contribution < -0.4 is 11.1 Å². The number of benzene rings is 1. The lowest BCUT2D eigenvalue weighted by molar-refractivity contribution is -0.127. The van der Waals surface area contributed by atoms with E-state index in [1.807, 2.05) is 41.1 Å². The van der Waals surface area contributed by atoms with Gasteiger partial charge in [-0.3, -0.25) is 4.98 Å². The van der Waals surface area contributed by atoms with Gasteiger partial charge in [0.2, 0.25) is 0 Å². The molecule has 2 atom stereocenters. The van der Waals surface area contributed by atoms with Gasteiger partial charge in [-0.05, 0) is 51.0 Å². The summed E-state index contributed by atoms with van der Waals surface area (Å²) in [5, 5.41) is 22.1. The number of fused-ring (bicyclic) bond motifs is 2. The Kier molecular flexibility index (Phi) is 6.66. The number of hydrogen-bond donors (Lipinski definition) is 4. The van der Waals surface area contributed by atoms with Gasteiger partial charge in [0.15, 0.2) is 5.79 Å². The molecule has 0 bridgehead atoms. The molecule has 0 saturated carbocycles. The number of aromatic nitrogens is 4. The first kappa shape index (κ1) is 23.2. The summed E-state index contributed by atoms with van der Waals surface area (Å²) < 4.78 is 8.28. The minimum Gasteiger partial charge on any atom is -0.383 e. The summed E-state index contributed by atoms with van der Waals surface area (Å²) in [4.78, 5) is 12.8. The standard InChI is InChI=1S/C20H19ClN6O.C3H8O2/c21-13-7-12-1-2-14(8-17(12)24-9-13)23-10-15-3-4-18(28-15)27-6-5-16-19(22)25-11-26-20(16)27;1-3(2,4)5/h1-2,5-9,11,15,18,23H,3-4,10H2,(H2,22,25,26);4-5H,1-2H3/t15-,18+;/m0./s1. The Morgan fingerprint density at radius 3 is 2.76 bits per heavy atom. The molecule has 1 aliphatic heterocycles. The van der Waals surface area contributed by atoms with E-state index in [1.165, 1.54) is 20.2 Å². The summed E-state index contributed by atoms with van der Waals surface area (Å²) in [6, 6.07) is 9.93. The Morgan fingerprint density at radius 1 is 1.18 bits per heavy atom. The van der Waals surface area contributed by atoms with Crippen molar-refractivity contribution in [2.75, 3.05) is 17.6 Å². The number of anilines is 2. The Labute approximate surface area is 196 Å². The highest BCUT2D eigenvalue weighted by molar-refractivity contribution is 6.31. The van der Waals surface area contributed by atoms with Crippen LogP contribution in [-0.4, -0.2) is 48.2 Å². The second-order valence-electron chi connectivity index (χ2n) is 8.45. The molecule has 0 unspecified atom stereocenters. The lowest BCUT2D eigenvalue weighted by Gasteiger charge is -2.17. The van der Waals surface area contributed by atoms with Gasteiger partial charge in [0.1, 0.15) is 24.0 Å². The van der Waals surface area contributed by atoms with Crippen LogP contribution >= 0.6 is 11.6 Å². The van der Waals surface area contributed by atoms with Crippen molar-refractivity contribution in [2.24, 2.45) is 0 Å². The van der Waals surface area contributed by atoms with Gasteiger partial charge < -0.3 is 30.6 Å². The molecule has 174 valence electrons. The van der Waals surface area contributed by atoms with E-state index >= 15 is 0 Å². The molecular weight excluding hydrogens is 444 g/mol. The molecule has 4 heterocycles. The number of pyridine rings is 1. The van der Waals surface area contributed by atoms with Gasteiger partial charge in [-0.2, -0.15) is 0 Å². The number of rotatable bonds is 4. The molecule has 1 fully saturated rings. The molecule has 9 nitrogen and oxygen atoms in total. The molecule has 1 saturated heterocycles. The number of nitrogen functional groups attached to an aromatic ring is 1. The van der Waals surface area contributed by atoms with E-state index in [-0.39, 0.29) is 12.3 Å². The lowest BCUT2D eigenvalue weighted by atomic mass is 10.2. The minimum atomic E-state index is -1.50. The van der Waals surface area contributed by atoms with Crippen LogP contribution in [0.4, 0.5) is 11.5 Å². The van der Waals surface area contributed by atoms with Crippen LogP contribution in [0, 0.1) is 0 Å². The topological polar surface area (TPSA) is 131 Å². The average molecular weight is 471 g/mol. The fourth-order valence-electron chi connectivity index (χ4n) is 3.70. The van der Waals surface area contributed by atoms with Crippen LogP contribution in [0.15, 0.2) is 49.1 Å². The summed E-state index contributed by atoms with van der Waals surface area (Å²) in [6.07, 6.45) is 7.10. The van der Waals surface area contributed by atoms with E-state index in [0.29, 0.717) is 10.8 Å². The van der Waals surface area contributed by atoms with Crippen LogP contribution in [0.2, 0.25) is 5.02 Å². The second kappa shape index (κ2) is 9.48. The Hall–Kier alpha value is -2.98. The normalized spacial score (nSPS) is 18.3. The van der Waals surface area contributed by atoms with E-state index in [1.54, 1.807) is 6.20 Å². The highest BCUT2D eigenvalue weighted by Gasteiger charge is 2.27. The van der Waals surface area contributed by atoms with Gasteiger partial charge in [-0.15, -0.1) is 0 Å². The predicted molar refractivity (Wildman–Crippen MR) is 129 cm³/mol. The third kappa shape index (κ3) is 5.88. The molecule has 3 aromatic heterocycles. The van der Waals surface area contributed by atoms with Crippen molar-refractivity contribution < 1.29 is 14.9 Å². The van der Waals surface area contributed by atoms with E-state index in [2.05, 4.69) is 20.3 Å². The largest absolute Gasteiger partial charge is 0.383 e. The average Bonchev–Trinajstić information content (AvgIpc) is 3.38. The van der Waals surface area contributed by atoms with Crippen molar-refractivity contribution in [1.82, 2.24) is 19.5 Å². The van der Waals surface area contributed by atoms with E-state index in [9.17, 15) is 0 Å². The Bertz CT molecular complexity index is 1250. The maximum atomic E-state index is 8.08. The van der Waals surface area contributed by atoms with E-state index in [0.717, 1.165) is 47.0 Å². The fourth-order valence-corrected chi connectivity index (χ4v) is 3.87. The Balaban J connectivity index is 0.000000471. The molecule has 4 aromatic rings. The van der Waals surface area contributed by atoms with Gasteiger partial charge in [0, 0.05) is 30.0 Å². The molecule has 0 spiro atoms. The van der Waals surface area contributed by atoms with E-state index < -0.39 is 5.79 Å². The van der Waals surface area contributed by atoms with Gasteiger partial charge in [-0.1, -0.05) is 17.7 Å². The third-order valence-corrected chi connectivity index (χ3v) is 5.33. The van der Waals surface area contributed by atoms with Crippen molar-refractivity contribution >= 4 is 45.0 Å². The van der Waals surface area contributed by atoms with Crippen LogP contribution in [0.25, 0.3) is 21.9 Å². The van der Waals surface area contributed by atoms with Gasteiger partial charge in [0.05, 0.1) is 22.0 Å². The smallest absolute Gasteiger partial charge is 0.156 e. The number of nitrogens with one attached hydrogen (secondary N) is 1. The molecule has 1 aliphatic rings. The number of aliphatic hydroxyl groups is 2. The molecule has 0 radical (unpaired) electrons. The number of nitrogens with two attached hydrogens (primary N) is 1. The summed E-state index contributed by atoms with van der Waals surface area (Å²) in [6.45, 7) is 3.33. The highest BCUT2D eigenvalue weighted by Crippen LogP contribution is 2.32. The van der Waals surface area contributed by atoms with Gasteiger partial charge >= 0.3 is 0 Å². The zero-order chi connectivity index (χ0) is 23.6. The molecule has 33 heavy (non-hydrogen) atoms. The summed E-state index contributed by atoms with van der Waals surface area (Å²) in [5.41, 5.74) is 8.67. The van der Waals surface area contributed by atoms with E-state index in [4.69, 9.17) is 32.3 Å². The first-order valence-corrected chi connectivity index (χ1v) is 11.0. The summed E-state index contributed by atoms with van der Waals surface area (Å²) in [7, 11) is 0. The second-order valence-corrected chi connectivity index (χ2v) is 8.88. The monoisotopic (exact) mass is 470 g/mol. The number of halogens is 1. The molecule has 0 amide bonds. The van der Waals surface area contributed by atoms with Crippen LogP contribution in [0.5, 0.6) is 0 Å². The molecular formula is C23H27ClN6O3. The van der Waals surface area contributed by atoms with Crippen LogP contribution in [0.1, 0.15) is 32.9 Å². The zero-order valence-corrected chi connectivity index (χ0v) is 19.2. The molecule has 5 rings (SSSR count). The molecule has 1 aromatic carbocycles. The quantitative estimate of drug-likeness (QED) is 0.332. The summed E-state index contributed by atoms with van der Waals surface area (Å²) in [5.74, 6) is -1.01. The molecule has 0 aliphatic carbocycles. The zero-order valence-electron chi connectivity index (χ0n) is 18.4. The maximum absolute atomic E-state index is 8.08. The summed E-state index contributed by atoms with van der Waals surface area (Å²) >= 11 is 6.00. The van der Waals surface area contributed by atoms with Gasteiger partial charge in [0.25, 0.3) is 0 Å². The SMILES string of the molecule is CC(C)(O)O.Nc1ncnc2c1ccn2[C@H]1CC[C@@H](CNc2ccc3cc(Cl)cnc3c2)O1. The van der Waals surface area contributed by atoms with Crippen molar-refractivity contribution in [3.63, 3.8) is 0 Å². The van der Waals surface area contributed by atoms with Crippen molar-refractivity contribution in [1.29, 1.82) is 0 Å². The van der Waals surface area contributed by atoms with Crippen molar-refractivity contribution in [3.05, 3.63) is 54.1 Å². The molecule has 5 N–H and O–H groups in total. The predicted octanol–water partition coefficient (Wildman–Crippen LogP) is 3.71. The minimum absolute atomic E-state index is 0.0426. The van der Waals surface area contributed by atoms with Crippen LogP contribution in [0.3, 0.4) is 0 Å². The third-order valence-electron chi connectivity index (χ3n) is 5.12. The first-order valence-electron chi connectivity index (χ1n) is 10.6. The number of hydrogen-bond acceptors (Lipinski definition) is 8. The van der Waals surface area contributed by atoms with Gasteiger partial charge in [-0.25, -0.2) is 9.97 Å². The van der Waals surface area contributed by atoms with Crippen molar-refractivity contribution in [2.45, 2.75) is 44.8 Å².